The second kappa shape index (κ2) is 21.2. The molecule has 0 N–H and O–H groups in total. The zero-order chi connectivity index (χ0) is 58.7. The van der Waals surface area contributed by atoms with E-state index in [2.05, 4.69) is 287 Å². The summed E-state index contributed by atoms with van der Waals surface area (Å²) in [6.07, 6.45) is 7.19. The summed E-state index contributed by atoms with van der Waals surface area (Å²) in [7, 11) is 18.9. The van der Waals surface area contributed by atoms with E-state index in [1.807, 2.05) is 0 Å². The Bertz CT molecular complexity index is 3600. The summed E-state index contributed by atoms with van der Waals surface area (Å²) in [4.78, 5) is 0. The Kier molecular flexibility index (Phi) is 15.1. The molecule has 2 aliphatic carbocycles. The summed E-state index contributed by atoms with van der Waals surface area (Å²) in [6.45, 7) is 37.9. The normalized spacial score (nSPS) is 17.6. The molecule has 4 atom stereocenters. The van der Waals surface area contributed by atoms with Gasteiger partial charge in [-0.25, -0.2) is 0 Å². The molecule has 4 unspecified atom stereocenters. The summed E-state index contributed by atoms with van der Waals surface area (Å²) >= 11 is -6.10. The molecule has 0 radical (unpaired) electrons. The van der Waals surface area contributed by atoms with E-state index < -0.39 is 25.9 Å². The number of hydrogen-bond acceptors (Lipinski definition) is 0. The van der Waals surface area contributed by atoms with Crippen molar-refractivity contribution >= 4 is 52.3 Å². The molecule has 0 bridgehead atoms. The van der Waals surface area contributed by atoms with E-state index in [4.69, 9.17) is 0 Å². The van der Waals surface area contributed by atoms with Crippen molar-refractivity contribution in [3.05, 3.63) is 219 Å². The second-order valence-corrected chi connectivity index (χ2v) is 51.3. The summed E-state index contributed by atoms with van der Waals surface area (Å²) in [5.41, 5.74) is 25.7. The summed E-state index contributed by atoms with van der Waals surface area (Å²) in [6, 6.07) is 63.3. The standard InChI is InChI=1S/2C33H39.C12H9Si.2ClH.Zr/c2*1-9-22(2)25-17-24-15-16-29(23-13-11-10-12-14-23)31(30(24)20-25)26-18-27(32(3,4)5)21-28(19-26)33(6,7)8;1-3-7-11-9(5-1)10-6-2-4-8-12(10)13-11;;;/h2*10-22H,9H2,1-8H3;1-7H,13H2;2*1H;/q;;;;;+2/p-2. The molecule has 8 aromatic carbocycles. The average Bonchev–Trinajstić information content (AvgIpc) is 3.32. The van der Waals surface area contributed by atoms with Gasteiger partial charge in [-0.2, -0.15) is 0 Å². The first-order valence-electron chi connectivity index (χ1n) is 30.6. The van der Waals surface area contributed by atoms with Crippen molar-refractivity contribution in [2.24, 2.45) is 11.8 Å². The van der Waals surface area contributed by atoms with Crippen molar-refractivity contribution < 1.29 is 16.4 Å². The molecule has 0 saturated heterocycles. The number of fused-ring (bicyclic) bond motifs is 5. The zero-order valence-corrected chi connectivity index (χ0v) is 57.3. The Balaban J connectivity index is 1.30. The molecule has 1 aliphatic heterocycles. The molecule has 0 amide bonds. The molecule has 421 valence electrons. The van der Waals surface area contributed by atoms with Crippen molar-refractivity contribution in [3.8, 4) is 55.6 Å². The zero-order valence-electron chi connectivity index (χ0n) is 51.9. The van der Waals surface area contributed by atoms with Crippen LogP contribution in [0.5, 0.6) is 0 Å². The van der Waals surface area contributed by atoms with Gasteiger partial charge in [-0.05, 0) is 0 Å². The monoisotopic (exact) mass is 1210 g/mol. The van der Waals surface area contributed by atoms with Gasteiger partial charge in [0, 0.05) is 0 Å². The van der Waals surface area contributed by atoms with Gasteiger partial charge in [0.2, 0.25) is 0 Å². The fraction of sp³-hybridized carbons (Fsp3) is 0.333. The molecule has 0 fully saturated rings. The van der Waals surface area contributed by atoms with Crippen LogP contribution in [0.3, 0.4) is 0 Å². The Morgan fingerprint density at radius 2 is 0.793 bits per heavy atom. The van der Waals surface area contributed by atoms with Gasteiger partial charge in [-0.1, -0.05) is 0 Å². The fourth-order valence-corrected chi connectivity index (χ4v) is 42.1. The van der Waals surface area contributed by atoms with Crippen LogP contribution in [-0.2, 0) is 38.1 Å². The fourth-order valence-electron chi connectivity index (χ4n) is 14.1. The van der Waals surface area contributed by atoms with Crippen LogP contribution in [0.2, 0.25) is 0 Å². The average molecular weight is 1210 g/mol. The van der Waals surface area contributed by atoms with E-state index in [1.54, 1.807) is 0 Å². The summed E-state index contributed by atoms with van der Waals surface area (Å²) in [5, 5.41) is 2.94. The van der Waals surface area contributed by atoms with Crippen LogP contribution >= 0.6 is 17.0 Å². The number of halogens is 2. The van der Waals surface area contributed by atoms with Crippen LogP contribution < -0.4 is 13.6 Å². The van der Waals surface area contributed by atoms with Crippen molar-refractivity contribution in [2.75, 3.05) is 0 Å². The van der Waals surface area contributed by atoms with Crippen molar-refractivity contribution in [2.45, 2.75) is 153 Å². The van der Waals surface area contributed by atoms with E-state index in [1.165, 1.54) is 125 Å². The third kappa shape index (κ3) is 10.0. The molecule has 4 heteroatoms. The van der Waals surface area contributed by atoms with Gasteiger partial charge in [0.25, 0.3) is 0 Å². The summed E-state index contributed by atoms with van der Waals surface area (Å²) < 4.78 is 0.821. The van der Waals surface area contributed by atoms with Crippen molar-refractivity contribution in [1.82, 2.24) is 0 Å². The second-order valence-electron chi connectivity index (χ2n) is 28.9. The number of benzene rings is 8. The van der Waals surface area contributed by atoms with E-state index >= 15 is 0 Å². The van der Waals surface area contributed by atoms with Crippen LogP contribution in [0.15, 0.2) is 175 Å². The van der Waals surface area contributed by atoms with Crippen LogP contribution in [0.25, 0.3) is 67.8 Å². The van der Waals surface area contributed by atoms with E-state index in [0.29, 0.717) is 0 Å². The van der Waals surface area contributed by atoms with Crippen LogP contribution in [0.1, 0.15) is 175 Å². The van der Waals surface area contributed by atoms with Gasteiger partial charge in [0.1, 0.15) is 0 Å². The molecule has 11 rings (SSSR count). The van der Waals surface area contributed by atoms with Crippen LogP contribution in [0.4, 0.5) is 0 Å². The first-order chi connectivity index (χ1) is 38.6. The van der Waals surface area contributed by atoms with Gasteiger partial charge < -0.3 is 0 Å². The van der Waals surface area contributed by atoms with Crippen LogP contribution in [-0.4, -0.2) is 9.52 Å². The molecule has 0 spiro atoms. The minimum atomic E-state index is -6.10. The quantitative estimate of drug-likeness (QED) is 0.113. The van der Waals surface area contributed by atoms with Gasteiger partial charge in [0.15, 0.2) is 0 Å². The minimum absolute atomic E-state index is 0.0750. The molecule has 82 heavy (non-hydrogen) atoms. The summed E-state index contributed by atoms with van der Waals surface area (Å²) in [5.74, 6) is 0.411. The van der Waals surface area contributed by atoms with Gasteiger partial charge in [0.05, 0.1) is 0 Å². The molecule has 3 aliphatic rings. The Morgan fingerprint density at radius 3 is 1.18 bits per heavy atom. The van der Waals surface area contributed by atoms with E-state index in [0.717, 1.165) is 12.8 Å². The Hall–Kier alpha value is -5.08. The van der Waals surface area contributed by atoms with Gasteiger partial charge in [-0.3, -0.25) is 0 Å². The predicted octanol–water partition coefficient (Wildman–Crippen LogP) is 20.6. The molecular weight excluding hydrogens is 1130 g/mol. The Labute approximate surface area is 504 Å². The van der Waals surface area contributed by atoms with Crippen molar-refractivity contribution in [3.63, 3.8) is 0 Å². The predicted molar refractivity (Wildman–Crippen MR) is 361 cm³/mol. The Morgan fingerprint density at radius 1 is 0.415 bits per heavy atom. The molecule has 0 nitrogen and oxygen atoms in total. The number of allylic oxidation sites excluding steroid dienone is 2. The van der Waals surface area contributed by atoms with Crippen LogP contribution in [0, 0.1) is 11.8 Å². The first kappa shape index (κ1) is 58.7. The van der Waals surface area contributed by atoms with E-state index in [9.17, 15) is 17.0 Å². The number of rotatable bonds is 11. The van der Waals surface area contributed by atoms with Gasteiger partial charge in [-0.15, -0.1) is 0 Å². The van der Waals surface area contributed by atoms with Gasteiger partial charge >= 0.3 is 508 Å². The third-order valence-electron chi connectivity index (χ3n) is 19.3. The molecule has 1 heterocycles. The maximum atomic E-state index is 9.97. The SMILES string of the molecule is CCC(C)C1=Cc2c(ccc(-c3ccccc3)c2-c2cc(C(C)(C)C)cc(C(C)(C)C)c2)[CH]1[Zr]([Cl])([Cl])([c]1cccc2c1[SiH2]c1ccccc1-2)[CH]1C(C(C)CC)=Cc2c1ccc(-c1ccccc1)c2-c1cc(C(C)(C)C)cc(C(C)(C)C)c1. The molecule has 0 aromatic heterocycles. The van der Waals surface area contributed by atoms with E-state index in [-0.39, 0.29) is 40.7 Å². The van der Waals surface area contributed by atoms with Crippen molar-refractivity contribution in [1.29, 1.82) is 0 Å². The molecular formula is C78H87Cl2SiZr. The third-order valence-corrected chi connectivity index (χ3v) is 41.9. The molecule has 0 saturated carbocycles. The topological polar surface area (TPSA) is 0 Å². The molecule has 8 aromatic rings. The maximum absolute atomic E-state index is 9.97. The first-order valence-corrected chi connectivity index (χ1v) is 42.4. The number of hydrogen-bond donors (Lipinski definition) is 0.